The van der Waals surface area contributed by atoms with E-state index in [-0.39, 0.29) is 47.1 Å². The smallest absolute Gasteiger partial charge is 0.261 e. The molecule has 4 amide bonds. The van der Waals surface area contributed by atoms with Gasteiger partial charge in [-0.05, 0) is 35.4 Å². The number of aryl methyl sites for hydroxylation is 2. The second-order valence-electron chi connectivity index (χ2n) is 10.4. The molecule has 0 saturated heterocycles. The largest absolute Gasteiger partial charge is 1.00 e. The standard InChI is InChI=1S/C32H30N4O4.2BrH/c1-3-13-33-15-9-21(10-16-33)19-35-29(37)23-5-7-25-28-26(8-6-24(27(23)28)30(35)38)32(40)36(31(25)39)20-22-11-17-34(14-4-2)18-12-22;;/h5-12,15-18H,3-4,13-14,19-20H2,1-2H3;2*1H/q+2;;/p-2. The van der Waals surface area contributed by atoms with Crippen molar-refractivity contribution in [3.8, 4) is 0 Å². The first kappa shape index (κ1) is 31.2. The summed E-state index contributed by atoms with van der Waals surface area (Å²) in [4.78, 5) is 56.8. The van der Waals surface area contributed by atoms with E-state index in [0.717, 1.165) is 37.1 Å². The minimum atomic E-state index is -0.432. The fourth-order valence-corrected chi connectivity index (χ4v) is 5.63. The second-order valence-corrected chi connectivity index (χ2v) is 10.4. The van der Waals surface area contributed by atoms with Gasteiger partial charge in [0.25, 0.3) is 23.6 Å². The molecule has 10 heteroatoms. The number of benzene rings is 2. The Bertz CT molecular complexity index is 1510. The first-order valence-corrected chi connectivity index (χ1v) is 13.7. The number of aromatic nitrogens is 2. The molecule has 0 N–H and O–H groups in total. The third-order valence-corrected chi connectivity index (χ3v) is 7.63. The van der Waals surface area contributed by atoms with Gasteiger partial charge in [-0.25, -0.2) is 9.13 Å². The molecule has 216 valence electrons. The lowest BCUT2D eigenvalue weighted by Gasteiger charge is -2.32. The predicted octanol–water partition coefficient (Wildman–Crippen LogP) is -2.16. The highest BCUT2D eigenvalue weighted by molar-refractivity contribution is 6.33. The molecule has 4 heterocycles. The molecule has 0 radical (unpaired) electrons. The Hall–Kier alpha value is -3.76. The first-order chi connectivity index (χ1) is 19.4. The third kappa shape index (κ3) is 5.29. The fraction of sp³-hybridized carbons (Fsp3) is 0.250. The molecule has 0 spiro atoms. The summed E-state index contributed by atoms with van der Waals surface area (Å²) in [7, 11) is 0. The molecule has 0 unspecified atom stereocenters. The maximum absolute atomic E-state index is 13.6. The van der Waals surface area contributed by atoms with E-state index in [1.165, 1.54) is 9.80 Å². The van der Waals surface area contributed by atoms with Crippen LogP contribution in [-0.2, 0) is 26.2 Å². The van der Waals surface area contributed by atoms with Gasteiger partial charge in [0.2, 0.25) is 0 Å². The van der Waals surface area contributed by atoms with Gasteiger partial charge in [-0.15, -0.1) is 0 Å². The Morgan fingerprint density at radius 2 is 0.786 bits per heavy atom. The summed E-state index contributed by atoms with van der Waals surface area (Å²) in [5.74, 6) is -1.73. The molecule has 0 atom stereocenters. The van der Waals surface area contributed by atoms with Crippen molar-refractivity contribution in [2.24, 2.45) is 0 Å². The number of nitrogens with zero attached hydrogens (tertiary/aromatic N) is 4. The van der Waals surface area contributed by atoms with Gasteiger partial charge in [0.05, 0.1) is 13.1 Å². The van der Waals surface area contributed by atoms with E-state index in [9.17, 15) is 19.2 Å². The van der Waals surface area contributed by atoms with Gasteiger partial charge in [0.15, 0.2) is 24.8 Å². The molecule has 2 aromatic carbocycles. The third-order valence-electron chi connectivity index (χ3n) is 7.63. The number of rotatable bonds is 8. The Labute approximate surface area is 265 Å². The highest BCUT2D eigenvalue weighted by atomic mass is 79.9. The zero-order valence-corrected chi connectivity index (χ0v) is 26.5. The minimum absolute atomic E-state index is 0. The van der Waals surface area contributed by atoms with Crippen molar-refractivity contribution in [1.29, 1.82) is 0 Å². The van der Waals surface area contributed by atoms with Crippen LogP contribution < -0.4 is 43.1 Å². The number of hydrogen-bond acceptors (Lipinski definition) is 4. The quantitative estimate of drug-likeness (QED) is 0.156. The van der Waals surface area contributed by atoms with E-state index in [1.807, 2.05) is 49.1 Å². The summed E-state index contributed by atoms with van der Waals surface area (Å²) < 4.78 is 4.11. The van der Waals surface area contributed by atoms with Gasteiger partial charge in [-0.3, -0.25) is 29.0 Å². The van der Waals surface area contributed by atoms with Crippen molar-refractivity contribution in [2.75, 3.05) is 0 Å². The average Bonchev–Trinajstić information content (AvgIpc) is 2.97. The van der Waals surface area contributed by atoms with Crippen molar-refractivity contribution in [1.82, 2.24) is 9.80 Å². The van der Waals surface area contributed by atoms with Crippen LogP contribution in [0.15, 0.2) is 73.3 Å². The first-order valence-electron chi connectivity index (χ1n) is 13.7. The van der Waals surface area contributed by atoms with E-state index in [0.29, 0.717) is 33.0 Å². The maximum Gasteiger partial charge on any atom is 0.261 e. The van der Waals surface area contributed by atoms with Crippen LogP contribution in [0.2, 0.25) is 0 Å². The van der Waals surface area contributed by atoms with Crippen LogP contribution in [0.5, 0.6) is 0 Å². The molecule has 0 aliphatic carbocycles. The molecular formula is C32H30Br2N4O4. The van der Waals surface area contributed by atoms with Gasteiger partial charge >= 0.3 is 0 Å². The zero-order chi connectivity index (χ0) is 28.0. The molecular weight excluding hydrogens is 664 g/mol. The van der Waals surface area contributed by atoms with Crippen LogP contribution in [0.4, 0.5) is 0 Å². The molecule has 42 heavy (non-hydrogen) atoms. The minimum Gasteiger partial charge on any atom is -1.00 e. The van der Waals surface area contributed by atoms with Gasteiger partial charge in [0.1, 0.15) is 13.1 Å². The lowest BCUT2D eigenvalue weighted by molar-refractivity contribution is -0.697. The number of pyridine rings is 2. The number of carbonyl (C=O) groups is 4. The van der Waals surface area contributed by atoms with Gasteiger partial charge in [-0.1, -0.05) is 13.8 Å². The molecule has 0 saturated carbocycles. The Balaban J connectivity index is 0.00000202. The monoisotopic (exact) mass is 692 g/mol. The topological polar surface area (TPSA) is 82.5 Å². The molecule has 0 fully saturated rings. The van der Waals surface area contributed by atoms with Gasteiger partial charge in [-0.2, -0.15) is 0 Å². The predicted molar refractivity (Wildman–Crippen MR) is 146 cm³/mol. The van der Waals surface area contributed by atoms with Crippen molar-refractivity contribution in [3.63, 3.8) is 0 Å². The lowest BCUT2D eigenvalue weighted by Crippen LogP contribution is -3.00. The number of carbonyl (C=O) groups excluding carboxylic acids is 4. The van der Waals surface area contributed by atoms with Crippen LogP contribution in [0, 0.1) is 0 Å². The summed E-state index contributed by atoms with van der Waals surface area (Å²) in [6, 6.07) is 14.1. The van der Waals surface area contributed by atoms with Crippen molar-refractivity contribution in [3.05, 3.63) is 107 Å². The summed E-state index contributed by atoms with van der Waals surface area (Å²) in [5.41, 5.74) is 2.97. The number of amides is 4. The van der Waals surface area contributed by atoms with E-state index >= 15 is 0 Å². The molecule has 8 nitrogen and oxygen atoms in total. The molecule has 6 rings (SSSR count). The Morgan fingerprint density at radius 3 is 1.05 bits per heavy atom. The normalized spacial score (nSPS) is 13.8. The Morgan fingerprint density at radius 1 is 0.500 bits per heavy atom. The maximum atomic E-state index is 13.6. The average molecular weight is 694 g/mol. The zero-order valence-electron chi connectivity index (χ0n) is 23.3. The molecule has 0 bridgehead atoms. The van der Waals surface area contributed by atoms with E-state index in [1.54, 1.807) is 24.3 Å². The van der Waals surface area contributed by atoms with Crippen LogP contribution in [0.3, 0.4) is 0 Å². The van der Waals surface area contributed by atoms with E-state index in [4.69, 9.17) is 0 Å². The fourth-order valence-electron chi connectivity index (χ4n) is 5.63. The van der Waals surface area contributed by atoms with Crippen molar-refractivity contribution in [2.45, 2.75) is 52.9 Å². The Kier molecular flexibility index (Phi) is 9.37. The summed E-state index contributed by atoms with van der Waals surface area (Å²) >= 11 is 0. The molecule has 4 aromatic rings. The molecule has 2 aliphatic heterocycles. The number of halogens is 2. The number of hydrogen-bond donors (Lipinski definition) is 0. The number of imide groups is 2. The van der Waals surface area contributed by atoms with Gasteiger partial charge < -0.3 is 34.0 Å². The van der Waals surface area contributed by atoms with E-state index in [2.05, 4.69) is 23.0 Å². The van der Waals surface area contributed by atoms with Crippen LogP contribution in [0.25, 0.3) is 10.8 Å². The highest BCUT2D eigenvalue weighted by Crippen LogP contribution is 2.38. The van der Waals surface area contributed by atoms with Crippen molar-refractivity contribution >= 4 is 34.4 Å². The summed E-state index contributed by atoms with van der Waals surface area (Å²) in [6.07, 6.45) is 9.78. The summed E-state index contributed by atoms with van der Waals surface area (Å²) in [6.45, 7) is 6.25. The second kappa shape index (κ2) is 12.6. The van der Waals surface area contributed by atoms with Crippen LogP contribution in [-0.4, -0.2) is 33.4 Å². The molecule has 2 aromatic heterocycles. The van der Waals surface area contributed by atoms with Crippen LogP contribution in [0.1, 0.15) is 79.2 Å². The van der Waals surface area contributed by atoms with Crippen LogP contribution >= 0.6 is 0 Å². The summed E-state index contributed by atoms with van der Waals surface area (Å²) in [5, 5.41) is 0.772. The SMILES string of the molecule is CCC[n+]1ccc(CN2C(=O)c3ccc4c5c(ccc(c35)C2=O)C(=O)N(Cc2cc[n+](CCC)cc2)C4=O)cc1.[Br-].[Br-]. The molecule has 2 aliphatic rings. The van der Waals surface area contributed by atoms with Gasteiger partial charge in [0, 0.05) is 70.1 Å². The lowest BCUT2D eigenvalue weighted by atomic mass is 9.85. The van der Waals surface area contributed by atoms with E-state index < -0.39 is 23.6 Å². The highest BCUT2D eigenvalue weighted by Gasteiger charge is 2.39. The van der Waals surface area contributed by atoms with Crippen molar-refractivity contribution < 1.29 is 62.3 Å².